The van der Waals surface area contributed by atoms with Crippen molar-refractivity contribution in [2.75, 3.05) is 11.9 Å². The van der Waals surface area contributed by atoms with Crippen molar-refractivity contribution in [3.63, 3.8) is 0 Å². The summed E-state index contributed by atoms with van der Waals surface area (Å²) in [6.07, 6.45) is 3.77. The number of anilines is 1. The number of hydrogen-bond acceptors (Lipinski definition) is 3. The van der Waals surface area contributed by atoms with E-state index < -0.39 is 0 Å². The van der Waals surface area contributed by atoms with Gasteiger partial charge in [0.15, 0.2) is 0 Å². The number of amides is 2. The van der Waals surface area contributed by atoms with Gasteiger partial charge in [0.25, 0.3) is 5.91 Å². The Balaban J connectivity index is 1.43. The summed E-state index contributed by atoms with van der Waals surface area (Å²) in [5.74, 6) is 0.0437. The maximum atomic E-state index is 13.2. The van der Waals surface area contributed by atoms with Gasteiger partial charge in [0.1, 0.15) is 6.54 Å². The Hall–Kier alpha value is -4.19. The van der Waals surface area contributed by atoms with Crippen molar-refractivity contribution in [3.8, 4) is 16.9 Å². The molecule has 3 aromatic carbocycles. The van der Waals surface area contributed by atoms with Crippen molar-refractivity contribution in [2.45, 2.75) is 32.7 Å². The minimum Gasteiger partial charge on any atom is -0.326 e. The molecule has 1 fully saturated rings. The van der Waals surface area contributed by atoms with E-state index in [4.69, 9.17) is 4.98 Å². The highest BCUT2D eigenvalue weighted by Crippen LogP contribution is 2.29. The molecule has 0 saturated heterocycles. The Morgan fingerprint density at radius 1 is 0.943 bits per heavy atom. The summed E-state index contributed by atoms with van der Waals surface area (Å²) >= 11 is 0. The number of hydrogen-bond donors (Lipinski definition) is 1. The summed E-state index contributed by atoms with van der Waals surface area (Å²) in [5, 5.41) is 2.97. The largest absolute Gasteiger partial charge is 0.326 e. The van der Waals surface area contributed by atoms with E-state index >= 15 is 0 Å². The average molecular weight is 465 g/mol. The Labute approximate surface area is 205 Å². The predicted octanol–water partition coefficient (Wildman–Crippen LogP) is 5.40. The van der Waals surface area contributed by atoms with E-state index in [-0.39, 0.29) is 24.4 Å². The van der Waals surface area contributed by atoms with Gasteiger partial charge in [-0.1, -0.05) is 54.6 Å². The number of aromatic nitrogens is 2. The standard InChI is InChI=1S/C29H28N4O2/c1-20-13-14-25(17-21(20)2)33-18-26(22-9-5-3-6-10-22)30-29(33)31-27(34)19-32(24-15-16-24)28(35)23-11-7-4-8-12-23/h3-14,17-18,24H,15-16,19H2,1-2H3,(H,30,31,34). The third kappa shape index (κ3) is 5.01. The fraction of sp³-hybridized carbons (Fsp3) is 0.207. The van der Waals surface area contributed by atoms with Gasteiger partial charge in [-0.3, -0.25) is 19.5 Å². The first-order chi connectivity index (χ1) is 17.0. The van der Waals surface area contributed by atoms with E-state index in [1.807, 2.05) is 65.4 Å². The molecular weight excluding hydrogens is 436 g/mol. The van der Waals surface area contributed by atoms with Gasteiger partial charge in [-0.25, -0.2) is 4.98 Å². The third-order valence-corrected chi connectivity index (χ3v) is 6.38. The Morgan fingerprint density at radius 2 is 1.63 bits per heavy atom. The fourth-order valence-corrected chi connectivity index (χ4v) is 4.11. The molecule has 176 valence electrons. The molecule has 1 heterocycles. The van der Waals surface area contributed by atoms with Crippen molar-refractivity contribution < 1.29 is 9.59 Å². The molecule has 4 aromatic rings. The van der Waals surface area contributed by atoms with Gasteiger partial charge in [0.2, 0.25) is 11.9 Å². The Morgan fingerprint density at radius 3 is 2.29 bits per heavy atom. The summed E-state index contributed by atoms with van der Waals surface area (Å²) in [6, 6.07) is 25.3. The van der Waals surface area contributed by atoms with Crippen molar-refractivity contribution in [2.24, 2.45) is 0 Å². The molecular formula is C29H28N4O2. The summed E-state index contributed by atoms with van der Waals surface area (Å²) in [7, 11) is 0. The highest BCUT2D eigenvalue weighted by Gasteiger charge is 2.34. The molecule has 5 rings (SSSR count). The van der Waals surface area contributed by atoms with Crippen LogP contribution in [0.25, 0.3) is 16.9 Å². The highest BCUT2D eigenvalue weighted by molar-refractivity contribution is 5.99. The number of carbonyl (C=O) groups excluding carboxylic acids is 2. The zero-order valence-corrected chi connectivity index (χ0v) is 19.9. The summed E-state index contributed by atoms with van der Waals surface area (Å²) in [4.78, 5) is 32.7. The van der Waals surface area contributed by atoms with Crippen LogP contribution in [0.2, 0.25) is 0 Å². The van der Waals surface area contributed by atoms with Crippen LogP contribution >= 0.6 is 0 Å². The first-order valence-corrected chi connectivity index (χ1v) is 11.9. The molecule has 1 aliphatic carbocycles. The molecule has 0 aliphatic heterocycles. The maximum Gasteiger partial charge on any atom is 0.254 e. The predicted molar refractivity (Wildman–Crippen MR) is 138 cm³/mol. The molecule has 1 saturated carbocycles. The summed E-state index contributed by atoms with van der Waals surface area (Å²) < 4.78 is 1.90. The average Bonchev–Trinajstić information content (AvgIpc) is 3.64. The number of nitrogens with zero attached hydrogens (tertiary/aromatic N) is 3. The SMILES string of the molecule is Cc1ccc(-n2cc(-c3ccccc3)nc2NC(=O)CN(C(=O)c2ccccc2)C2CC2)cc1C. The number of benzene rings is 3. The van der Waals surface area contributed by atoms with Crippen LogP contribution < -0.4 is 5.32 Å². The van der Waals surface area contributed by atoms with E-state index in [0.29, 0.717) is 11.5 Å². The van der Waals surface area contributed by atoms with E-state index in [0.717, 1.165) is 35.3 Å². The lowest BCUT2D eigenvalue weighted by molar-refractivity contribution is -0.117. The van der Waals surface area contributed by atoms with Gasteiger partial charge in [-0.05, 0) is 62.1 Å². The van der Waals surface area contributed by atoms with Crippen LogP contribution in [0.3, 0.4) is 0 Å². The lowest BCUT2D eigenvalue weighted by Gasteiger charge is -2.22. The second-order valence-corrected chi connectivity index (χ2v) is 9.03. The number of rotatable bonds is 7. The maximum absolute atomic E-state index is 13.2. The Kier molecular flexibility index (Phi) is 6.19. The third-order valence-electron chi connectivity index (χ3n) is 6.38. The molecule has 0 radical (unpaired) electrons. The molecule has 0 unspecified atom stereocenters. The van der Waals surface area contributed by atoms with Crippen LogP contribution in [0, 0.1) is 13.8 Å². The molecule has 1 aromatic heterocycles. The molecule has 1 aliphatic rings. The van der Waals surface area contributed by atoms with Crippen LogP contribution in [-0.2, 0) is 4.79 Å². The van der Waals surface area contributed by atoms with Crippen LogP contribution in [0.15, 0.2) is 85.1 Å². The van der Waals surface area contributed by atoms with E-state index in [1.54, 1.807) is 17.0 Å². The van der Waals surface area contributed by atoms with Crippen molar-refractivity contribution in [1.82, 2.24) is 14.5 Å². The normalized spacial score (nSPS) is 12.9. The molecule has 6 nitrogen and oxygen atoms in total. The molecule has 35 heavy (non-hydrogen) atoms. The zero-order chi connectivity index (χ0) is 24.4. The molecule has 0 atom stereocenters. The number of carbonyl (C=O) groups is 2. The molecule has 0 spiro atoms. The quantitative estimate of drug-likeness (QED) is 0.398. The van der Waals surface area contributed by atoms with Crippen molar-refractivity contribution >= 4 is 17.8 Å². The van der Waals surface area contributed by atoms with Gasteiger partial charge in [-0.15, -0.1) is 0 Å². The van der Waals surface area contributed by atoms with E-state index in [9.17, 15) is 9.59 Å². The zero-order valence-electron chi connectivity index (χ0n) is 19.9. The van der Waals surface area contributed by atoms with Crippen LogP contribution in [-0.4, -0.2) is 38.9 Å². The monoisotopic (exact) mass is 464 g/mol. The van der Waals surface area contributed by atoms with Gasteiger partial charge in [-0.2, -0.15) is 0 Å². The smallest absolute Gasteiger partial charge is 0.254 e. The summed E-state index contributed by atoms with van der Waals surface area (Å²) in [6.45, 7) is 4.12. The van der Waals surface area contributed by atoms with Gasteiger partial charge < -0.3 is 4.90 Å². The molecule has 1 N–H and O–H groups in total. The fourth-order valence-electron chi connectivity index (χ4n) is 4.11. The number of nitrogens with one attached hydrogen (secondary N) is 1. The first-order valence-electron chi connectivity index (χ1n) is 11.9. The van der Waals surface area contributed by atoms with Crippen LogP contribution in [0.1, 0.15) is 34.3 Å². The lowest BCUT2D eigenvalue weighted by atomic mass is 10.1. The summed E-state index contributed by atoms with van der Waals surface area (Å²) in [5.41, 5.74) is 5.58. The van der Waals surface area contributed by atoms with Crippen molar-refractivity contribution in [1.29, 1.82) is 0 Å². The molecule has 0 bridgehead atoms. The van der Waals surface area contributed by atoms with Gasteiger partial charge >= 0.3 is 0 Å². The Bertz CT molecular complexity index is 1360. The van der Waals surface area contributed by atoms with Gasteiger partial charge in [0, 0.05) is 29.1 Å². The molecule has 6 heteroatoms. The van der Waals surface area contributed by atoms with Gasteiger partial charge in [0.05, 0.1) is 5.69 Å². The second-order valence-electron chi connectivity index (χ2n) is 9.03. The number of aryl methyl sites for hydroxylation is 2. The topological polar surface area (TPSA) is 67.2 Å². The molecule has 2 amide bonds. The minimum absolute atomic E-state index is 0.0150. The minimum atomic E-state index is -0.267. The van der Waals surface area contributed by atoms with Crippen LogP contribution in [0.5, 0.6) is 0 Å². The second kappa shape index (κ2) is 9.58. The van der Waals surface area contributed by atoms with E-state index in [1.165, 1.54) is 5.56 Å². The van der Waals surface area contributed by atoms with E-state index in [2.05, 4.69) is 31.3 Å². The van der Waals surface area contributed by atoms with Crippen LogP contribution in [0.4, 0.5) is 5.95 Å². The first kappa shape index (κ1) is 22.6. The van der Waals surface area contributed by atoms with Crippen molar-refractivity contribution in [3.05, 3.63) is 102 Å². The highest BCUT2D eigenvalue weighted by atomic mass is 16.2. The lowest BCUT2D eigenvalue weighted by Crippen LogP contribution is -2.39. The number of imidazole rings is 1.